The maximum Gasteiger partial charge on any atom is 0.494 e. The summed E-state index contributed by atoms with van der Waals surface area (Å²) < 4.78 is 13.2. The molecular weight excluding hydrogens is 427 g/mol. The molecule has 1 aliphatic heterocycles. The Labute approximate surface area is 182 Å². The third-order valence-corrected chi connectivity index (χ3v) is 7.13. The molecule has 1 fully saturated rings. The fraction of sp³-hybridized carbons (Fsp3) is 0.458. The Morgan fingerprint density at radius 3 is 2.21 bits per heavy atom. The Bertz CT molecular complexity index is 935. The number of ketones is 1. The van der Waals surface area contributed by atoms with Crippen LogP contribution in [0.4, 0.5) is 0 Å². The second kappa shape index (κ2) is 7.68. The molecule has 0 N–H and O–H groups in total. The van der Waals surface area contributed by atoms with Crippen LogP contribution in [0.3, 0.4) is 0 Å². The van der Waals surface area contributed by atoms with Crippen LogP contribution in [0.15, 0.2) is 40.9 Å². The van der Waals surface area contributed by atoms with Crippen molar-refractivity contribution in [3.8, 4) is 0 Å². The zero-order valence-electron chi connectivity index (χ0n) is 17.7. The van der Waals surface area contributed by atoms with Gasteiger partial charge in [0.15, 0.2) is 5.78 Å². The number of Topliss-reactive ketones (excluding diaryl/α,β-unsaturated/α-hetero) is 1. The summed E-state index contributed by atoms with van der Waals surface area (Å²) in [6, 6.07) is 12.6. The van der Waals surface area contributed by atoms with Crippen LogP contribution in [0.25, 0.3) is 0 Å². The molecule has 1 heterocycles. The number of rotatable bonds is 1. The molecule has 0 saturated carbocycles. The molecule has 29 heavy (non-hydrogen) atoms. The smallest absolute Gasteiger partial charge is 0.399 e. The van der Waals surface area contributed by atoms with Gasteiger partial charge in [0.1, 0.15) is 0 Å². The van der Waals surface area contributed by atoms with Gasteiger partial charge in [0.25, 0.3) is 0 Å². The van der Waals surface area contributed by atoms with E-state index in [4.69, 9.17) is 9.31 Å². The number of aryl methyl sites for hydroxylation is 3. The molecule has 3 nitrogen and oxygen atoms in total. The van der Waals surface area contributed by atoms with E-state index in [1.54, 1.807) is 0 Å². The molecule has 0 spiro atoms. The van der Waals surface area contributed by atoms with Gasteiger partial charge in [0, 0.05) is 16.5 Å². The predicted molar refractivity (Wildman–Crippen MR) is 121 cm³/mol. The highest BCUT2D eigenvalue weighted by Gasteiger charge is 2.51. The zero-order chi connectivity index (χ0) is 20.8. The van der Waals surface area contributed by atoms with Crippen LogP contribution in [0.2, 0.25) is 0 Å². The van der Waals surface area contributed by atoms with E-state index in [0.29, 0.717) is 6.42 Å². The zero-order valence-corrected chi connectivity index (χ0v) is 19.3. The number of hydrogen-bond acceptors (Lipinski definition) is 3. The van der Waals surface area contributed by atoms with Crippen molar-refractivity contribution >= 4 is 34.3 Å². The topological polar surface area (TPSA) is 35.5 Å². The number of halogens is 1. The minimum atomic E-state index is -0.253. The number of fused-ring (bicyclic) bond motifs is 2. The molecular formula is C24H28BBrO3. The number of hydrogen-bond donors (Lipinski definition) is 0. The molecule has 0 bridgehead atoms. The minimum Gasteiger partial charge on any atom is -0.399 e. The van der Waals surface area contributed by atoms with Gasteiger partial charge in [-0.15, -0.1) is 0 Å². The van der Waals surface area contributed by atoms with Crippen LogP contribution in [0.5, 0.6) is 0 Å². The first-order valence-corrected chi connectivity index (χ1v) is 11.2. The van der Waals surface area contributed by atoms with Crippen LogP contribution in [0.1, 0.15) is 67.6 Å². The highest BCUT2D eigenvalue weighted by atomic mass is 79.9. The average molecular weight is 455 g/mol. The fourth-order valence-electron chi connectivity index (χ4n) is 4.13. The lowest BCUT2D eigenvalue weighted by Crippen LogP contribution is -2.41. The number of carbonyl (C=O) groups excluding carboxylic acids is 1. The highest BCUT2D eigenvalue weighted by molar-refractivity contribution is 9.10. The predicted octanol–water partition coefficient (Wildman–Crippen LogP) is 5.05. The lowest BCUT2D eigenvalue weighted by molar-refractivity contribution is 0.00578. The first-order chi connectivity index (χ1) is 13.7. The Morgan fingerprint density at radius 1 is 0.828 bits per heavy atom. The van der Waals surface area contributed by atoms with E-state index >= 15 is 0 Å². The third kappa shape index (κ3) is 4.10. The van der Waals surface area contributed by atoms with E-state index in [1.165, 1.54) is 36.0 Å². The van der Waals surface area contributed by atoms with Gasteiger partial charge in [0.05, 0.1) is 11.2 Å². The third-order valence-electron chi connectivity index (χ3n) is 6.64. The molecule has 0 aromatic heterocycles. The molecule has 5 rings (SSSR count). The molecule has 5 heteroatoms. The van der Waals surface area contributed by atoms with Gasteiger partial charge < -0.3 is 9.31 Å². The maximum absolute atomic E-state index is 11.2. The van der Waals surface area contributed by atoms with Crippen molar-refractivity contribution in [2.24, 2.45) is 0 Å². The normalized spacial score (nSPS) is 20.9. The average Bonchev–Trinajstić information content (AvgIpc) is 3.32. The van der Waals surface area contributed by atoms with Crippen molar-refractivity contribution in [1.82, 2.24) is 0 Å². The van der Waals surface area contributed by atoms with Gasteiger partial charge in [0.2, 0.25) is 0 Å². The second-order valence-corrected chi connectivity index (χ2v) is 10.1. The summed E-state index contributed by atoms with van der Waals surface area (Å²) in [5, 5.41) is 0. The van der Waals surface area contributed by atoms with Crippen molar-refractivity contribution in [3.63, 3.8) is 0 Å². The van der Waals surface area contributed by atoms with Gasteiger partial charge in [-0.1, -0.05) is 40.2 Å². The summed E-state index contributed by atoms with van der Waals surface area (Å²) >= 11 is 3.34. The van der Waals surface area contributed by atoms with Crippen LogP contribution < -0.4 is 5.46 Å². The summed E-state index contributed by atoms with van der Waals surface area (Å²) in [6.45, 7) is 8.39. The first kappa shape index (κ1) is 20.8. The van der Waals surface area contributed by atoms with Gasteiger partial charge in [-0.25, -0.2) is 0 Å². The Balaban J connectivity index is 0.000000159. The molecule has 1 saturated heterocycles. The molecule has 152 valence electrons. The van der Waals surface area contributed by atoms with E-state index < -0.39 is 0 Å². The molecule has 3 aliphatic rings. The van der Waals surface area contributed by atoms with Gasteiger partial charge in [-0.3, -0.25) is 4.79 Å². The van der Waals surface area contributed by atoms with Crippen LogP contribution in [0, 0.1) is 0 Å². The summed E-state index contributed by atoms with van der Waals surface area (Å²) in [7, 11) is -0.221. The molecule has 0 radical (unpaired) electrons. The number of benzene rings is 2. The monoisotopic (exact) mass is 454 g/mol. The minimum absolute atomic E-state index is 0.221. The molecule has 2 aromatic rings. The molecule has 0 amide bonds. The van der Waals surface area contributed by atoms with Crippen molar-refractivity contribution in [1.29, 1.82) is 0 Å². The standard InChI is InChI=1S/C15H21BO2.C9H7BrO/c1-14(2)15(3,4)18-16(17-14)13-9-8-11-6-5-7-12(11)10-13;10-7-3-1-6-2-4-9(11)8(6)5-7/h8-10H,5-7H2,1-4H3;1,3,5H,2,4H2. The SMILES string of the molecule is CC1(C)OB(c2ccc3c(c2)CCC3)OC1(C)C.O=C1CCc2ccc(Br)cc21. The maximum atomic E-state index is 11.2. The quantitative estimate of drug-likeness (QED) is 0.565. The highest BCUT2D eigenvalue weighted by Crippen LogP contribution is 2.36. The van der Waals surface area contributed by atoms with E-state index in [1.807, 2.05) is 18.2 Å². The van der Waals surface area contributed by atoms with Crippen molar-refractivity contribution in [2.75, 3.05) is 0 Å². The lowest BCUT2D eigenvalue weighted by Gasteiger charge is -2.32. The summed E-state index contributed by atoms with van der Waals surface area (Å²) in [6.07, 6.45) is 5.30. The molecule has 0 unspecified atom stereocenters. The van der Waals surface area contributed by atoms with E-state index in [-0.39, 0.29) is 24.1 Å². The van der Waals surface area contributed by atoms with Crippen LogP contribution >= 0.6 is 15.9 Å². The molecule has 0 atom stereocenters. The molecule has 2 aromatic carbocycles. The lowest BCUT2D eigenvalue weighted by atomic mass is 9.78. The van der Waals surface area contributed by atoms with E-state index in [9.17, 15) is 4.79 Å². The van der Waals surface area contributed by atoms with Gasteiger partial charge in [-0.05, 0) is 87.7 Å². The number of carbonyl (C=O) groups is 1. The Hall–Kier alpha value is -1.43. The van der Waals surface area contributed by atoms with Crippen molar-refractivity contribution < 1.29 is 14.1 Å². The largest absolute Gasteiger partial charge is 0.494 e. The second-order valence-electron chi connectivity index (χ2n) is 9.19. The van der Waals surface area contributed by atoms with E-state index in [0.717, 1.165) is 21.9 Å². The van der Waals surface area contributed by atoms with E-state index in [2.05, 4.69) is 61.8 Å². The summed E-state index contributed by atoms with van der Waals surface area (Å²) in [5.41, 5.74) is 5.72. The Morgan fingerprint density at radius 2 is 1.48 bits per heavy atom. The van der Waals surface area contributed by atoms with Crippen molar-refractivity contribution in [3.05, 3.63) is 63.1 Å². The molecule has 2 aliphatic carbocycles. The summed E-state index contributed by atoms with van der Waals surface area (Å²) in [4.78, 5) is 11.2. The van der Waals surface area contributed by atoms with Crippen LogP contribution in [-0.4, -0.2) is 24.1 Å². The van der Waals surface area contributed by atoms with Gasteiger partial charge in [-0.2, -0.15) is 0 Å². The fourth-order valence-corrected chi connectivity index (χ4v) is 4.49. The van der Waals surface area contributed by atoms with Crippen molar-refractivity contribution in [2.45, 2.75) is 71.0 Å². The first-order valence-electron chi connectivity index (χ1n) is 10.5. The van der Waals surface area contributed by atoms with Gasteiger partial charge >= 0.3 is 7.12 Å². The Kier molecular flexibility index (Phi) is 5.52. The summed E-state index contributed by atoms with van der Waals surface area (Å²) in [5.74, 6) is 0.279. The van der Waals surface area contributed by atoms with Crippen LogP contribution in [-0.2, 0) is 28.6 Å².